The summed E-state index contributed by atoms with van der Waals surface area (Å²) < 4.78 is 10.4. The number of fused-ring (bicyclic) bond motifs is 1. The Hall–Kier alpha value is -3.25. The molecule has 0 unspecified atom stereocenters. The summed E-state index contributed by atoms with van der Waals surface area (Å²) in [6, 6.07) is 6.76. The van der Waals surface area contributed by atoms with E-state index in [1.54, 1.807) is 37.6 Å². The van der Waals surface area contributed by atoms with Crippen LogP contribution in [0.1, 0.15) is 0 Å². The fourth-order valence-electron chi connectivity index (χ4n) is 2.25. The normalized spacial score (nSPS) is 10.3. The highest BCUT2D eigenvalue weighted by Gasteiger charge is 2.11. The number of imidazole rings is 1. The van der Waals surface area contributed by atoms with E-state index >= 15 is 0 Å². The van der Waals surface area contributed by atoms with Crippen LogP contribution in [0.2, 0.25) is 0 Å². The number of amides is 1. The van der Waals surface area contributed by atoms with Gasteiger partial charge in [0, 0.05) is 11.8 Å². The van der Waals surface area contributed by atoms with Crippen molar-refractivity contribution in [2.75, 3.05) is 25.3 Å². The largest absolute Gasteiger partial charge is 0.493 e. The average molecular weight is 369 g/mol. The van der Waals surface area contributed by atoms with Crippen molar-refractivity contribution in [1.82, 2.24) is 15.0 Å². The van der Waals surface area contributed by atoms with Crippen LogP contribution < -0.4 is 14.8 Å². The fraction of sp³-hybridized carbons (Fsp3) is 0.176. The van der Waals surface area contributed by atoms with E-state index in [4.69, 9.17) is 16.0 Å². The number of hydrogen-bond donors (Lipinski definition) is 2. The summed E-state index contributed by atoms with van der Waals surface area (Å²) in [5.74, 6) is 1.42. The lowest BCUT2D eigenvalue weighted by Gasteiger charge is -2.10. The molecule has 1 amide bonds. The van der Waals surface area contributed by atoms with E-state index in [9.17, 15) is 4.79 Å². The van der Waals surface area contributed by atoms with Crippen LogP contribution in [0.25, 0.3) is 15.9 Å². The molecule has 26 heavy (non-hydrogen) atoms. The number of ether oxygens (including phenoxy) is 2. The number of hydrogen-bond acceptors (Lipinski definition) is 6. The topological polar surface area (TPSA) is 93.5 Å². The Morgan fingerprint density at radius 3 is 2.85 bits per heavy atom. The van der Waals surface area contributed by atoms with Crippen LogP contribution in [0.5, 0.6) is 11.5 Å². The molecule has 2 aromatic heterocycles. The molecule has 0 bridgehead atoms. The van der Waals surface area contributed by atoms with Crippen molar-refractivity contribution in [1.29, 1.82) is 0 Å². The number of H-pyrrole nitrogens is 1. The molecule has 3 rings (SSSR count). The zero-order valence-electron chi connectivity index (χ0n) is 14.1. The molecule has 0 saturated carbocycles. The molecule has 2 N–H and O–H groups in total. The third-order valence-electron chi connectivity index (χ3n) is 3.45. The van der Waals surface area contributed by atoms with Gasteiger partial charge in [-0.1, -0.05) is 18.3 Å². The van der Waals surface area contributed by atoms with Gasteiger partial charge in [0.25, 0.3) is 5.82 Å². The third-order valence-corrected chi connectivity index (χ3v) is 4.33. The standard InChI is InChI=1S/C17H15N5O3S/c1-18-15-7-11-12(8-19-15)22-17(21-11)26-9-16(23)20-10-4-5-13(24-2)14(6-10)25-3/h4-8H,9H2,2-3H3,(H,20,23)(H,21,22). The highest BCUT2D eigenvalue weighted by Crippen LogP contribution is 2.30. The number of anilines is 1. The molecule has 0 aliphatic heterocycles. The molecule has 8 nitrogen and oxygen atoms in total. The van der Waals surface area contributed by atoms with E-state index in [0.29, 0.717) is 27.9 Å². The van der Waals surface area contributed by atoms with Crippen LogP contribution in [-0.2, 0) is 4.79 Å². The van der Waals surface area contributed by atoms with Gasteiger partial charge in [-0.05, 0) is 18.2 Å². The number of thioether (sulfide) groups is 1. The quantitative estimate of drug-likeness (QED) is 0.512. The SMILES string of the molecule is [C-]#[N+]c1cc2nc(SCC(=O)Nc3ccc(OC)c(OC)c3)[nH]c2cn1. The summed E-state index contributed by atoms with van der Waals surface area (Å²) in [6.45, 7) is 6.97. The van der Waals surface area contributed by atoms with E-state index in [1.165, 1.54) is 18.9 Å². The zero-order valence-corrected chi connectivity index (χ0v) is 14.9. The van der Waals surface area contributed by atoms with Gasteiger partial charge in [0.15, 0.2) is 16.7 Å². The van der Waals surface area contributed by atoms with Gasteiger partial charge >= 0.3 is 0 Å². The summed E-state index contributed by atoms with van der Waals surface area (Å²) in [6.07, 6.45) is 1.56. The van der Waals surface area contributed by atoms with E-state index in [0.717, 1.165) is 5.52 Å². The number of nitrogens with one attached hydrogen (secondary N) is 2. The van der Waals surface area contributed by atoms with Crippen molar-refractivity contribution >= 4 is 40.2 Å². The molecular weight excluding hydrogens is 354 g/mol. The van der Waals surface area contributed by atoms with Crippen LogP contribution in [0.3, 0.4) is 0 Å². The van der Waals surface area contributed by atoms with Crippen LogP contribution in [0.15, 0.2) is 35.6 Å². The number of nitrogens with zero attached hydrogens (tertiary/aromatic N) is 3. The van der Waals surface area contributed by atoms with Crippen molar-refractivity contribution in [3.8, 4) is 11.5 Å². The van der Waals surface area contributed by atoms with Gasteiger partial charge in [-0.25, -0.2) is 4.98 Å². The predicted molar refractivity (Wildman–Crippen MR) is 99.1 cm³/mol. The van der Waals surface area contributed by atoms with Crippen molar-refractivity contribution in [2.24, 2.45) is 0 Å². The molecule has 0 spiro atoms. The van der Waals surface area contributed by atoms with E-state index < -0.39 is 0 Å². The van der Waals surface area contributed by atoms with Crippen molar-refractivity contribution in [2.45, 2.75) is 5.16 Å². The van der Waals surface area contributed by atoms with Crippen LogP contribution in [0.4, 0.5) is 11.5 Å². The number of methoxy groups -OCH3 is 2. The first-order valence-electron chi connectivity index (χ1n) is 7.51. The van der Waals surface area contributed by atoms with E-state index in [-0.39, 0.29) is 17.5 Å². The molecule has 132 valence electrons. The molecule has 0 saturated heterocycles. The van der Waals surface area contributed by atoms with Crippen molar-refractivity contribution < 1.29 is 14.3 Å². The van der Waals surface area contributed by atoms with Gasteiger partial charge in [0.2, 0.25) is 5.91 Å². The van der Waals surface area contributed by atoms with Gasteiger partial charge in [-0.3, -0.25) is 4.79 Å². The molecule has 0 aliphatic rings. The molecule has 0 aliphatic carbocycles. The zero-order chi connectivity index (χ0) is 18.5. The number of rotatable bonds is 6. The minimum Gasteiger partial charge on any atom is -0.493 e. The van der Waals surface area contributed by atoms with E-state index in [1.807, 2.05) is 0 Å². The Morgan fingerprint density at radius 2 is 2.12 bits per heavy atom. The van der Waals surface area contributed by atoms with Gasteiger partial charge in [0.1, 0.15) is 11.7 Å². The Bertz CT molecular complexity index is 996. The molecule has 0 radical (unpaired) electrons. The second-order valence-electron chi connectivity index (χ2n) is 5.12. The first kappa shape index (κ1) is 17.6. The third kappa shape index (κ3) is 3.87. The monoisotopic (exact) mass is 369 g/mol. The van der Waals surface area contributed by atoms with Crippen LogP contribution in [0, 0.1) is 6.57 Å². The van der Waals surface area contributed by atoms with Crippen LogP contribution >= 0.6 is 11.8 Å². The van der Waals surface area contributed by atoms with Crippen LogP contribution in [-0.4, -0.2) is 40.8 Å². The lowest BCUT2D eigenvalue weighted by Crippen LogP contribution is -2.14. The summed E-state index contributed by atoms with van der Waals surface area (Å²) in [4.78, 5) is 26.8. The first-order valence-corrected chi connectivity index (χ1v) is 8.49. The minimum absolute atomic E-state index is 0.178. The lowest BCUT2D eigenvalue weighted by molar-refractivity contribution is -0.113. The summed E-state index contributed by atoms with van der Waals surface area (Å²) in [5, 5.41) is 3.39. The van der Waals surface area contributed by atoms with Crippen molar-refractivity contribution in [3.05, 3.63) is 41.9 Å². The maximum Gasteiger partial charge on any atom is 0.271 e. The van der Waals surface area contributed by atoms with Gasteiger partial charge in [-0.15, -0.1) is 4.98 Å². The Balaban J connectivity index is 1.63. The average Bonchev–Trinajstić information content (AvgIpc) is 3.08. The number of aromatic nitrogens is 3. The smallest absolute Gasteiger partial charge is 0.271 e. The van der Waals surface area contributed by atoms with Gasteiger partial charge in [0.05, 0.1) is 25.5 Å². The second kappa shape index (κ2) is 7.76. The molecular formula is C17H15N5O3S. The van der Waals surface area contributed by atoms with Gasteiger partial charge in [-0.2, -0.15) is 0 Å². The maximum atomic E-state index is 12.2. The second-order valence-corrected chi connectivity index (χ2v) is 6.08. The fourth-order valence-corrected chi connectivity index (χ4v) is 2.93. The number of benzene rings is 1. The summed E-state index contributed by atoms with van der Waals surface area (Å²) in [5.41, 5.74) is 1.98. The maximum absolute atomic E-state index is 12.2. The Kier molecular flexibility index (Phi) is 5.24. The molecule has 0 atom stereocenters. The Morgan fingerprint density at radius 1 is 1.31 bits per heavy atom. The number of carbonyl (C=O) groups is 1. The van der Waals surface area contributed by atoms with Gasteiger partial charge < -0.3 is 24.6 Å². The predicted octanol–water partition coefficient (Wildman–Crippen LogP) is 3.26. The molecule has 2 heterocycles. The molecule has 0 fully saturated rings. The number of carbonyl (C=O) groups excluding carboxylic acids is 1. The number of aromatic amines is 1. The minimum atomic E-state index is -0.178. The lowest BCUT2D eigenvalue weighted by atomic mass is 10.2. The Labute approximate surface area is 153 Å². The summed E-state index contributed by atoms with van der Waals surface area (Å²) in [7, 11) is 3.09. The molecule has 3 aromatic rings. The highest BCUT2D eigenvalue weighted by atomic mass is 32.2. The summed E-state index contributed by atoms with van der Waals surface area (Å²) >= 11 is 1.26. The number of pyridine rings is 1. The first-order chi connectivity index (χ1) is 12.6. The molecule has 1 aromatic carbocycles. The highest BCUT2D eigenvalue weighted by molar-refractivity contribution is 7.99. The van der Waals surface area contributed by atoms with E-state index in [2.05, 4.69) is 25.1 Å². The van der Waals surface area contributed by atoms with Crippen molar-refractivity contribution in [3.63, 3.8) is 0 Å². The molecule has 9 heteroatoms.